The largest absolute Gasteiger partial charge is 0.416 e. The molecule has 0 aliphatic carbocycles. The Balaban J connectivity index is 2.36. The summed E-state index contributed by atoms with van der Waals surface area (Å²) in [4.78, 5) is 13.6. The summed E-state index contributed by atoms with van der Waals surface area (Å²) in [5.41, 5.74) is -0.371. The number of halogens is 4. The molecule has 2 aromatic rings. The highest BCUT2D eigenvalue weighted by Gasteiger charge is 2.33. The van der Waals surface area contributed by atoms with Gasteiger partial charge in [0.1, 0.15) is 12.4 Å². The Kier molecular flexibility index (Phi) is 5.42. The lowest BCUT2D eigenvalue weighted by Gasteiger charge is -2.22. The van der Waals surface area contributed by atoms with E-state index >= 15 is 0 Å². The third-order valence-electron chi connectivity index (χ3n) is 3.64. The number of alkyl halides is 3. The van der Waals surface area contributed by atoms with E-state index in [-0.39, 0.29) is 17.8 Å². The van der Waals surface area contributed by atoms with Gasteiger partial charge in [-0.15, -0.1) is 0 Å². The SMILES string of the molecule is Cc1cc(F)ccc1N(CC#N)C(=O)Cc1ccccc1C(F)(F)F. The molecule has 0 aliphatic heterocycles. The van der Waals surface area contributed by atoms with Gasteiger partial charge in [-0.05, 0) is 42.3 Å². The van der Waals surface area contributed by atoms with Gasteiger partial charge in [-0.25, -0.2) is 4.39 Å². The molecule has 2 aromatic carbocycles. The number of amides is 1. The van der Waals surface area contributed by atoms with Crippen molar-refractivity contribution in [3.8, 4) is 6.07 Å². The molecule has 25 heavy (non-hydrogen) atoms. The van der Waals surface area contributed by atoms with Crippen molar-refractivity contribution in [3.63, 3.8) is 0 Å². The van der Waals surface area contributed by atoms with Crippen molar-refractivity contribution in [1.82, 2.24) is 0 Å². The van der Waals surface area contributed by atoms with E-state index in [9.17, 15) is 22.4 Å². The molecule has 3 nitrogen and oxygen atoms in total. The normalized spacial score (nSPS) is 11.0. The van der Waals surface area contributed by atoms with Crippen LogP contribution in [0.5, 0.6) is 0 Å². The van der Waals surface area contributed by atoms with Crippen LogP contribution in [-0.4, -0.2) is 12.5 Å². The van der Waals surface area contributed by atoms with Gasteiger partial charge in [0.15, 0.2) is 0 Å². The number of anilines is 1. The zero-order chi connectivity index (χ0) is 18.6. The van der Waals surface area contributed by atoms with Crippen molar-refractivity contribution in [2.24, 2.45) is 0 Å². The maximum Gasteiger partial charge on any atom is 0.416 e. The molecular weight excluding hydrogens is 336 g/mol. The van der Waals surface area contributed by atoms with E-state index in [1.54, 1.807) is 6.92 Å². The fourth-order valence-electron chi connectivity index (χ4n) is 2.51. The van der Waals surface area contributed by atoms with Crippen LogP contribution < -0.4 is 4.90 Å². The Morgan fingerprint density at radius 3 is 2.48 bits per heavy atom. The third kappa shape index (κ3) is 4.35. The first kappa shape index (κ1) is 18.5. The number of carbonyl (C=O) groups excluding carboxylic acids is 1. The summed E-state index contributed by atoms with van der Waals surface area (Å²) in [6.45, 7) is 1.21. The number of carbonyl (C=O) groups is 1. The molecule has 1 amide bonds. The van der Waals surface area contributed by atoms with E-state index in [4.69, 9.17) is 5.26 Å². The molecule has 0 N–H and O–H groups in total. The number of rotatable bonds is 4. The Morgan fingerprint density at radius 1 is 1.20 bits per heavy atom. The first-order valence-corrected chi connectivity index (χ1v) is 7.32. The van der Waals surface area contributed by atoms with Crippen molar-refractivity contribution >= 4 is 11.6 Å². The zero-order valence-corrected chi connectivity index (χ0v) is 13.3. The van der Waals surface area contributed by atoms with Crippen LogP contribution in [0, 0.1) is 24.1 Å². The second-order valence-electron chi connectivity index (χ2n) is 5.40. The van der Waals surface area contributed by atoms with Crippen LogP contribution in [0.2, 0.25) is 0 Å². The molecule has 0 heterocycles. The first-order valence-electron chi connectivity index (χ1n) is 7.32. The number of nitriles is 1. The predicted molar refractivity (Wildman–Crippen MR) is 84.3 cm³/mol. The van der Waals surface area contributed by atoms with E-state index in [0.29, 0.717) is 5.56 Å². The Bertz CT molecular complexity index is 825. The van der Waals surface area contributed by atoms with E-state index in [0.717, 1.165) is 17.0 Å². The van der Waals surface area contributed by atoms with Gasteiger partial charge in [0.25, 0.3) is 0 Å². The average Bonchev–Trinajstić information content (AvgIpc) is 2.53. The molecule has 0 saturated carbocycles. The summed E-state index contributed by atoms with van der Waals surface area (Å²) >= 11 is 0. The van der Waals surface area contributed by atoms with Crippen LogP contribution in [0.25, 0.3) is 0 Å². The minimum Gasteiger partial charge on any atom is -0.298 e. The molecule has 0 bridgehead atoms. The van der Waals surface area contributed by atoms with Gasteiger partial charge in [-0.1, -0.05) is 18.2 Å². The van der Waals surface area contributed by atoms with E-state index < -0.39 is 29.9 Å². The van der Waals surface area contributed by atoms with Gasteiger partial charge in [0.2, 0.25) is 5.91 Å². The summed E-state index contributed by atoms with van der Waals surface area (Å²) in [5.74, 6) is -1.18. The minimum absolute atomic E-state index is 0.178. The fraction of sp³-hybridized carbons (Fsp3) is 0.222. The molecule has 2 rings (SSSR count). The standard InChI is InChI=1S/C18H14F4N2O/c1-12-10-14(19)6-7-16(12)24(9-8-23)17(25)11-13-4-2-3-5-15(13)18(20,21)22/h2-7,10H,9,11H2,1H3. The third-order valence-corrected chi connectivity index (χ3v) is 3.64. The Labute approximate surface area is 142 Å². The molecule has 130 valence electrons. The topological polar surface area (TPSA) is 44.1 Å². The second-order valence-corrected chi connectivity index (χ2v) is 5.40. The van der Waals surface area contributed by atoms with Crippen molar-refractivity contribution in [2.75, 3.05) is 11.4 Å². The quantitative estimate of drug-likeness (QED) is 0.611. The van der Waals surface area contributed by atoms with Crippen LogP contribution in [0.3, 0.4) is 0 Å². The number of hydrogen-bond donors (Lipinski definition) is 0. The highest BCUT2D eigenvalue weighted by Crippen LogP contribution is 2.32. The summed E-state index contributed by atoms with van der Waals surface area (Å²) in [5, 5.41) is 8.94. The predicted octanol–water partition coefficient (Wildman–Crippen LogP) is 4.25. The van der Waals surface area contributed by atoms with Crippen LogP contribution in [-0.2, 0) is 17.4 Å². The van der Waals surface area contributed by atoms with Gasteiger partial charge < -0.3 is 0 Å². The average molecular weight is 350 g/mol. The monoisotopic (exact) mass is 350 g/mol. The van der Waals surface area contributed by atoms with Crippen molar-refractivity contribution in [2.45, 2.75) is 19.5 Å². The fourth-order valence-corrected chi connectivity index (χ4v) is 2.51. The summed E-state index contributed by atoms with van der Waals surface area (Å²) in [6.07, 6.45) is -5.10. The number of hydrogen-bond acceptors (Lipinski definition) is 2. The number of aryl methyl sites for hydroxylation is 1. The van der Waals surface area contributed by atoms with Crippen molar-refractivity contribution in [3.05, 3.63) is 65.0 Å². The van der Waals surface area contributed by atoms with Gasteiger partial charge in [-0.3, -0.25) is 9.69 Å². The molecule has 0 spiro atoms. The molecule has 7 heteroatoms. The van der Waals surface area contributed by atoms with Crippen LogP contribution in [0.15, 0.2) is 42.5 Å². The summed E-state index contributed by atoms with van der Waals surface area (Å²) in [7, 11) is 0. The molecule has 0 saturated heterocycles. The van der Waals surface area contributed by atoms with E-state index in [2.05, 4.69) is 0 Å². The van der Waals surface area contributed by atoms with Gasteiger partial charge in [0.05, 0.1) is 18.1 Å². The van der Waals surface area contributed by atoms with Gasteiger partial charge in [-0.2, -0.15) is 18.4 Å². The first-order chi connectivity index (χ1) is 11.7. The van der Waals surface area contributed by atoms with E-state index in [1.807, 2.05) is 6.07 Å². The highest BCUT2D eigenvalue weighted by atomic mass is 19.4. The van der Waals surface area contributed by atoms with Crippen molar-refractivity contribution in [1.29, 1.82) is 5.26 Å². The van der Waals surface area contributed by atoms with Crippen LogP contribution >= 0.6 is 0 Å². The minimum atomic E-state index is -4.58. The molecule has 0 aromatic heterocycles. The van der Waals surface area contributed by atoms with Crippen molar-refractivity contribution < 1.29 is 22.4 Å². The summed E-state index contributed by atoms with van der Waals surface area (Å²) < 4.78 is 52.4. The molecule has 0 atom stereocenters. The smallest absolute Gasteiger partial charge is 0.298 e. The maximum absolute atomic E-state index is 13.2. The zero-order valence-electron chi connectivity index (χ0n) is 13.3. The lowest BCUT2D eigenvalue weighted by Crippen LogP contribution is -2.33. The van der Waals surface area contributed by atoms with Gasteiger partial charge >= 0.3 is 6.18 Å². The Morgan fingerprint density at radius 2 is 1.88 bits per heavy atom. The molecule has 0 aliphatic rings. The van der Waals surface area contributed by atoms with Gasteiger partial charge in [0, 0.05) is 5.69 Å². The molecular formula is C18H14F4N2O. The molecule has 0 unspecified atom stereocenters. The summed E-state index contributed by atoms with van der Waals surface area (Å²) in [6, 6.07) is 10.2. The molecule has 0 radical (unpaired) electrons. The lowest BCUT2D eigenvalue weighted by atomic mass is 10.0. The number of nitrogens with zero attached hydrogens (tertiary/aromatic N) is 2. The lowest BCUT2D eigenvalue weighted by molar-refractivity contribution is -0.138. The second kappa shape index (κ2) is 7.34. The van der Waals surface area contributed by atoms with Crippen LogP contribution in [0.1, 0.15) is 16.7 Å². The van der Waals surface area contributed by atoms with Crippen LogP contribution in [0.4, 0.5) is 23.2 Å². The Hall–Kier alpha value is -2.88. The molecule has 0 fully saturated rings. The maximum atomic E-state index is 13.2. The van der Waals surface area contributed by atoms with E-state index in [1.165, 1.54) is 30.3 Å². The number of benzene rings is 2. The highest BCUT2D eigenvalue weighted by molar-refractivity contribution is 5.96.